The molecule has 2 rings (SSSR count). The van der Waals surface area contributed by atoms with Gasteiger partial charge in [-0.2, -0.15) is 0 Å². The molecule has 0 bridgehead atoms. The van der Waals surface area contributed by atoms with Gasteiger partial charge in [-0.05, 0) is 22.9 Å². The summed E-state index contributed by atoms with van der Waals surface area (Å²) in [5.74, 6) is 2.90. The number of nitrogens with zero attached hydrogens (tertiary/aromatic N) is 4. The zero-order valence-electron chi connectivity index (χ0n) is 9.48. The third-order valence-electron chi connectivity index (χ3n) is 2.29. The van der Waals surface area contributed by atoms with E-state index in [1.54, 1.807) is 6.20 Å². The van der Waals surface area contributed by atoms with Crippen LogP contribution in [0.2, 0.25) is 0 Å². The maximum Gasteiger partial charge on any atom is 0.142 e. The highest BCUT2D eigenvalue weighted by atomic mass is 79.9. The monoisotopic (exact) mass is 280 g/mol. The van der Waals surface area contributed by atoms with E-state index < -0.39 is 0 Å². The first-order valence-electron chi connectivity index (χ1n) is 5.12. The van der Waals surface area contributed by atoms with Gasteiger partial charge in [0.15, 0.2) is 0 Å². The van der Waals surface area contributed by atoms with Gasteiger partial charge in [0.25, 0.3) is 0 Å². The number of hydrogen-bond acceptors (Lipinski definition) is 3. The third-order valence-corrected chi connectivity index (χ3v) is 2.69. The third kappa shape index (κ3) is 2.14. The van der Waals surface area contributed by atoms with Crippen molar-refractivity contribution in [3.05, 3.63) is 34.7 Å². The predicted molar refractivity (Wildman–Crippen MR) is 65.7 cm³/mol. The topological polar surface area (TPSA) is 43.6 Å². The average molecular weight is 281 g/mol. The molecule has 0 aliphatic rings. The summed E-state index contributed by atoms with van der Waals surface area (Å²) in [4.78, 5) is 13.0. The lowest BCUT2D eigenvalue weighted by molar-refractivity contribution is 0.753. The minimum atomic E-state index is 0.306. The molecular weight excluding hydrogens is 268 g/mol. The first kappa shape index (κ1) is 11.3. The van der Waals surface area contributed by atoms with Gasteiger partial charge in [-0.1, -0.05) is 13.8 Å². The molecule has 0 aliphatic carbocycles. The minimum Gasteiger partial charge on any atom is -0.288 e. The molecule has 0 saturated heterocycles. The maximum absolute atomic E-state index is 4.52. The van der Waals surface area contributed by atoms with Crippen molar-refractivity contribution in [3.63, 3.8) is 0 Å². The van der Waals surface area contributed by atoms with Crippen LogP contribution in [0.5, 0.6) is 0 Å². The summed E-state index contributed by atoms with van der Waals surface area (Å²) >= 11 is 3.41. The van der Waals surface area contributed by atoms with Gasteiger partial charge in [-0.3, -0.25) is 4.57 Å². The van der Waals surface area contributed by atoms with Crippen molar-refractivity contribution < 1.29 is 0 Å². The van der Waals surface area contributed by atoms with E-state index >= 15 is 0 Å². The Morgan fingerprint density at radius 1 is 1.31 bits per heavy atom. The molecular formula is C11H13BrN4. The van der Waals surface area contributed by atoms with Crippen LogP contribution in [0, 0.1) is 6.92 Å². The maximum atomic E-state index is 4.52. The van der Waals surface area contributed by atoms with Crippen LogP contribution < -0.4 is 0 Å². The fourth-order valence-electron chi connectivity index (χ4n) is 1.42. The van der Waals surface area contributed by atoms with Gasteiger partial charge in [0.2, 0.25) is 0 Å². The van der Waals surface area contributed by atoms with Crippen molar-refractivity contribution in [1.82, 2.24) is 19.5 Å². The molecule has 0 saturated carbocycles. The highest BCUT2D eigenvalue weighted by molar-refractivity contribution is 9.10. The Morgan fingerprint density at radius 2 is 2.06 bits per heavy atom. The van der Waals surface area contributed by atoms with Crippen molar-refractivity contribution in [2.45, 2.75) is 26.7 Å². The molecule has 4 nitrogen and oxygen atoms in total. The lowest BCUT2D eigenvalue weighted by Crippen LogP contribution is -2.05. The van der Waals surface area contributed by atoms with Crippen LogP contribution in [0.4, 0.5) is 0 Å². The second-order valence-electron chi connectivity index (χ2n) is 3.91. The van der Waals surface area contributed by atoms with Gasteiger partial charge >= 0.3 is 0 Å². The molecule has 0 aromatic carbocycles. The molecule has 0 unspecified atom stereocenters. The quantitative estimate of drug-likeness (QED) is 0.795. The Hall–Kier alpha value is -1.23. The van der Waals surface area contributed by atoms with Crippen molar-refractivity contribution in [2.75, 3.05) is 0 Å². The molecule has 84 valence electrons. The molecule has 0 aliphatic heterocycles. The van der Waals surface area contributed by atoms with Crippen LogP contribution in [-0.4, -0.2) is 19.5 Å². The number of hydrogen-bond donors (Lipinski definition) is 0. The Balaban J connectivity index is 2.54. The normalized spacial score (nSPS) is 11.1. The second kappa shape index (κ2) is 4.33. The Kier molecular flexibility index (Phi) is 3.05. The first-order valence-corrected chi connectivity index (χ1v) is 5.92. The molecule has 0 fully saturated rings. The van der Waals surface area contributed by atoms with Gasteiger partial charge in [-0.25, -0.2) is 15.0 Å². The molecule has 0 N–H and O–H groups in total. The fourth-order valence-corrected chi connectivity index (χ4v) is 1.81. The van der Waals surface area contributed by atoms with Gasteiger partial charge in [0.05, 0.1) is 0 Å². The van der Waals surface area contributed by atoms with E-state index in [1.165, 1.54) is 0 Å². The van der Waals surface area contributed by atoms with E-state index in [0.717, 1.165) is 22.1 Å². The van der Waals surface area contributed by atoms with Crippen LogP contribution >= 0.6 is 15.9 Å². The smallest absolute Gasteiger partial charge is 0.142 e. The summed E-state index contributed by atoms with van der Waals surface area (Å²) in [6, 6.07) is 1.89. The summed E-state index contributed by atoms with van der Waals surface area (Å²) in [7, 11) is 0. The number of rotatable bonds is 2. The largest absolute Gasteiger partial charge is 0.288 e. The van der Waals surface area contributed by atoms with Crippen LogP contribution in [0.3, 0.4) is 0 Å². The highest BCUT2D eigenvalue weighted by Gasteiger charge is 2.09. The Bertz CT molecular complexity index is 504. The van der Waals surface area contributed by atoms with E-state index in [2.05, 4.69) is 44.7 Å². The summed E-state index contributed by atoms with van der Waals surface area (Å²) in [6.45, 7) is 6.10. The van der Waals surface area contributed by atoms with Crippen molar-refractivity contribution in [1.29, 1.82) is 0 Å². The molecule has 2 aromatic rings. The SMILES string of the molecule is Cc1nccn1-c1cc(Br)nc(C(C)C)n1. The van der Waals surface area contributed by atoms with Crippen molar-refractivity contribution >= 4 is 15.9 Å². The molecule has 16 heavy (non-hydrogen) atoms. The number of halogens is 1. The van der Waals surface area contributed by atoms with Crippen LogP contribution in [0.25, 0.3) is 5.82 Å². The summed E-state index contributed by atoms with van der Waals surface area (Å²) in [6.07, 6.45) is 3.66. The second-order valence-corrected chi connectivity index (χ2v) is 4.72. The van der Waals surface area contributed by atoms with E-state index in [4.69, 9.17) is 0 Å². The Morgan fingerprint density at radius 3 is 2.62 bits per heavy atom. The number of aromatic nitrogens is 4. The van der Waals surface area contributed by atoms with Crippen LogP contribution in [-0.2, 0) is 0 Å². The number of aryl methyl sites for hydroxylation is 1. The highest BCUT2D eigenvalue weighted by Crippen LogP contribution is 2.17. The van der Waals surface area contributed by atoms with Gasteiger partial charge in [-0.15, -0.1) is 0 Å². The standard InChI is InChI=1S/C11H13BrN4/c1-7(2)11-14-9(12)6-10(15-11)16-5-4-13-8(16)3/h4-7H,1-3H3. The molecule has 0 radical (unpaired) electrons. The van der Waals surface area contributed by atoms with Gasteiger partial charge < -0.3 is 0 Å². The van der Waals surface area contributed by atoms with Gasteiger partial charge in [0.1, 0.15) is 22.1 Å². The molecule has 2 heterocycles. The zero-order valence-corrected chi connectivity index (χ0v) is 11.1. The molecule has 0 amide bonds. The van der Waals surface area contributed by atoms with E-state index in [0.29, 0.717) is 5.92 Å². The Labute approximate surface area is 103 Å². The lowest BCUT2D eigenvalue weighted by Gasteiger charge is -2.09. The molecule has 0 atom stereocenters. The predicted octanol–water partition coefficient (Wildman–Crippen LogP) is 2.86. The minimum absolute atomic E-state index is 0.306. The molecule has 5 heteroatoms. The van der Waals surface area contributed by atoms with Crippen LogP contribution in [0.15, 0.2) is 23.1 Å². The molecule has 2 aromatic heterocycles. The molecule has 0 spiro atoms. The van der Waals surface area contributed by atoms with E-state index in [9.17, 15) is 0 Å². The first-order chi connectivity index (χ1) is 7.58. The van der Waals surface area contributed by atoms with Crippen molar-refractivity contribution in [2.24, 2.45) is 0 Å². The average Bonchev–Trinajstić information content (AvgIpc) is 2.63. The summed E-state index contributed by atoms with van der Waals surface area (Å²) in [5, 5.41) is 0. The van der Waals surface area contributed by atoms with Gasteiger partial charge in [0, 0.05) is 24.4 Å². The summed E-state index contributed by atoms with van der Waals surface area (Å²) < 4.78 is 2.74. The zero-order chi connectivity index (χ0) is 11.7. The van der Waals surface area contributed by atoms with Crippen LogP contribution in [0.1, 0.15) is 31.4 Å². The van der Waals surface area contributed by atoms with E-state index in [1.807, 2.05) is 23.8 Å². The fraction of sp³-hybridized carbons (Fsp3) is 0.364. The van der Waals surface area contributed by atoms with Crippen molar-refractivity contribution in [3.8, 4) is 5.82 Å². The number of imidazole rings is 1. The van der Waals surface area contributed by atoms with E-state index in [-0.39, 0.29) is 0 Å². The summed E-state index contributed by atoms with van der Waals surface area (Å²) in [5.41, 5.74) is 0. The lowest BCUT2D eigenvalue weighted by atomic mass is 10.2.